The third kappa shape index (κ3) is 5.51. The maximum atomic E-state index is 12.1. The molecule has 0 radical (unpaired) electrons. The average Bonchev–Trinajstić information content (AvgIpc) is 3.57. The van der Waals surface area contributed by atoms with Gasteiger partial charge in [0.2, 0.25) is 11.8 Å². The van der Waals surface area contributed by atoms with Crippen molar-refractivity contribution in [1.82, 2.24) is 29.3 Å². The van der Waals surface area contributed by atoms with Crippen LogP contribution in [0.4, 0.5) is 5.69 Å². The number of nitrogens with one attached hydrogen (secondary N) is 1. The minimum Gasteiger partial charge on any atom is -0.471 e. The van der Waals surface area contributed by atoms with Crippen LogP contribution >= 0.6 is 0 Å². The number of esters is 1. The molecule has 2 aromatic carbocycles. The Hall–Kier alpha value is -5.06. The first-order chi connectivity index (χ1) is 18.5. The van der Waals surface area contributed by atoms with Crippen molar-refractivity contribution in [3.8, 4) is 11.8 Å². The second-order valence-electron chi connectivity index (χ2n) is 8.42. The van der Waals surface area contributed by atoms with Gasteiger partial charge >= 0.3 is 5.97 Å². The lowest BCUT2D eigenvalue weighted by Gasteiger charge is -2.11. The highest BCUT2D eigenvalue weighted by Gasteiger charge is 2.18. The number of anilines is 1. The van der Waals surface area contributed by atoms with Gasteiger partial charge in [-0.05, 0) is 30.2 Å². The molecule has 0 saturated heterocycles. The maximum absolute atomic E-state index is 12.1. The molecule has 1 N–H and O–H groups in total. The average molecular weight is 512 g/mol. The summed E-state index contributed by atoms with van der Waals surface area (Å²) in [5.41, 5.74) is 4.01. The van der Waals surface area contributed by atoms with E-state index < -0.39 is 5.97 Å². The molecule has 5 aromatic rings. The molecule has 0 aliphatic carbocycles. The predicted molar refractivity (Wildman–Crippen MR) is 139 cm³/mol. The highest BCUT2D eigenvalue weighted by atomic mass is 16.5. The molecule has 1 amide bonds. The fourth-order valence-electron chi connectivity index (χ4n) is 3.83. The molecule has 0 spiro atoms. The summed E-state index contributed by atoms with van der Waals surface area (Å²) >= 11 is 0. The molecule has 0 unspecified atom stereocenters. The van der Waals surface area contributed by atoms with Crippen LogP contribution in [0, 0.1) is 0 Å². The smallest absolute Gasteiger partial charge is 0.341 e. The van der Waals surface area contributed by atoms with Crippen LogP contribution in [-0.4, -0.2) is 47.8 Å². The zero-order valence-corrected chi connectivity index (χ0v) is 20.9. The summed E-state index contributed by atoms with van der Waals surface area (Å²) in [7, 11) is 0. The number of rotatable bonds is 9. The van der Waals surface area contributed by atoms with Crippen molar-refractivity contribution in [2.24, 2.45) is 0 Å². The first-order valence-electron chi connectivity index (χ1n) is 12.0. The third-order valence-corrected chi connectivity index (χ3v) is 5.57. The monoisotopic (exact) mass is 511 g/mol. The van der Waals surface area contributed by atoms with E-state index in [9.17, 15) is 9.59 Å². The van der Waals surface area contributed by atoms with E-state index >= 15 is 0 Å². The molecule has 192 valence electrons. The van der Waals surface area contributed by atoms with Crippen molar-refractivity contribution in [2.75, 3.05) is 11.9 Å². The Labute approximate surface area is 218 Å². The fourth-order valence-corrected chi connectivity index (χ4v) is 3.83. The lowest BCUT2D eigenvalue weighted by atomic mass is 10.2. The van der Waals surface area contributed by atoms with Crippen molar-refractivity contribution in [3.05, 3.63) is 90.0 Å². The van der Waals surface area contributed by atoms with Gasteiger partial charge in [-0.25, -0.2) is 14.5 Å². The van der Waals surface area contributed by atoms with E-state index in [1.165, 1.54) is 24.0 Å². The van der Waals surface area contributed by atoms with Gasteiger partial charge in [-0.1, -0.05) is 42.5 Å². The molecular weight excluding hydrogens is 486 g/mol. The number of aromatic nitrogens is 6. The molecular formula is C27H25N7O4. The summed E-state index contributed by atoms with van der Waals surface area (Å²) in [6, 6.07) is 17.3. The third-order valence-electron chi connectivity index (χ3n) is 5.57. The number of imidazole rings is 1. The summed E-state index contributed by atoms with van der Waals surface area (Å²) in [5.74, 6) is -0.0670. The van der Waals surface area contributed by atoms with Crippen molar-refractivity contribution in [1.29, 1.82) is 0 Å². The highest BCUT2D eigenvalue weighted by molar-refractivity contribution is 5.89. The Morgan fingerprint density at radius 1 is 1.00 bits per heavy atom. The fraction of sp³-hybridized carbons (Fsp3) is 0.185. The van der Waals surface area contributed by atoms with Crippen LogP contribution in [0.5, 0.6) is 5.88 Å². The SMILES string of the molecule is CCOC(=O)c1cnn(-c2nc(OCc3ccccc3)c3c(ncn3Cc3ccc(NC(C)=O)cc3)n2)c1. The van der Waals surface area contributed by atoms with Gasteiger partial charge in [0.05, 0.1) is 24.7 Å². The second-order valence-corrected chi connectivity index (χ2v) is 8.42. The zero-order chi connectivity index (χ0) is 26.5. The van der Waals surface area contributed by atoms with Crippen molar-refractivity contribution >= 4 is 28.7 Å². The minimum atomic E-state index is -0.478. The lowest BCUT2D eigenvalue weighted by molar-refractivity contribution is -0.114. The number of carbonyl (C=O) groups is 2. The van der Waals surface area contributed by atoms with Crippen LogP contribution in [0.3, 0.4) is 0 Å². The Bertz CT molecular complexity index is 1580. The normalized spacial score (nSPS) is 10.9. The van der Waals surface area contributed by atoms with Gasteiger partial charge < -0.3 is 19.4 Å². The largest absolute Gasteiger partial charge is 0.471 e. The van der Waals surface area contributed by atoms with Crippen molar-refractivity contribution in [3.63, 3.8) is 0 Å². The summed E-state index contributed by atoms with van der Waals surface area (Å²) in [5, 5.41) is 6.99. The van der Waals surface area contributed by atoms with Crippen LogP contribution in [0.2, 0.25) is 0 Å². The van der Waals surface area contributed by atoms with Crippen molar-refractivity contribution < 1.29 is 19.1 Å². The van der Waals surface area contributed by atoms with Gasteiger partial charge in [0.1, 0.15) is 6.61 Å². The molecule has 0 aliphatic rings. The molecule has 0 fully saturated rings. The quantitative estimate of drug-likeness (QED) is 0.296. The van der Waals surface area contributed by atoms with E-state index in [1.54, 1.807) is 13.3 Å². The standard InChI is InChI=1S/C27H25N7O4/c1-3-37-26(36)21-13-29-34(15-21)27-31-24-23(25(32-27)38-16-20-7-5-4-6-8-20)33(17-28-24)14-19-9-11-22(12-10-19)30-18(2)35/h4-13,15,17H,3,14,16H2,1-2H3,(H,30,35). The lowest BCUT2D eigenvalue weighted by Crippen LogP contribution is -2.08. The number of amides is 1. The molecule has 3 heterocycles. The number of hydrogen-bond donors (Lipinski definition) is 1. The van der Waals surface area contributed by atoms with Crippen molar-refractivity contribution in [2.45, 2.75) is 27.0 Å². The Balaban J connectivity index is 1.49. The topological polar surface area (TPSA) is 126 Å². The number of carbonyl (C=O) groups excluding carboxylic acids is 2. The van der Waals surface area contributed by atoms with Gasteiger partial charge in [-0.3, -0.25) is 4.79 Å². The van der Waals surface area contributed by atoms with Gasteiger partial charge in [-0.15, -0.1) is 0 Å². The Morgan fingerprint density at radius 2 is 1.79 bits per heavy atom. The molecule has 0 bridgehead atoms. The zero-order valence-electron chi connectivity index (χ0n) is 20.9. The Morgan fingerprint density at radius 3 is 2.53 bits per heavy atom. The number of nitrogens with zero attached hydrogens (tertiary/aromatic N) is 6. The molecule has 5 rings (SSSR count). The van der Waals surface area contributed by atoms with Crippen LogP contribution in [0.1, 0.15) is 35.3 Å². The predicted octanol–water partition coefficient (Wildman–Crippen LogP) is 3.77. The van der Waals surface area contributed by atoms with Crippen LogP contribution in [-0.2, 0) is 22.7 Å². The van der Waals surface area contributed by atoms with Crippen LogP contribution < -0.4 is 10.1 Å². The van der Waals surface area contributed by atoms with E-state index in [-0.39, 0.29) is 30.6 Å². The number of ether oxygens (including phenoxy) is 2. The van der Waals surface area contributed by atoms with Crippen LogP contribution in [0.25, 0.3) is 17.1 Å². The van der Waals surface area contributed by atoms with E-state index in [1.807, 2.05) is 59.2 Å². The highest BCUT2D eigenvalue weighted by Crippen LogP contribution is 2.25. The summed E-state index contributed by atoms with van der Waals surface area (Å²) in [6.07, 6.45) is 4.58. The van der Waals surface area contributed by atoms with Gasteiger partial charge in [0.25, 0.3) is 5.95 Å². The molecule has 3 aromatic heterocycles. The molecule has 0 saturated carbocycles. The molecule has 11 heteroatoms. The molecule has 0 aliphatic heterocycles. The van der Waals surface area contributed by atoms with Crippen LogP contribution in [0.15, 0.2) is 73.3 Å². The van der Waals surface area contributed by atoms with E-state index in [0.717, 1.165) is 16.8 Å². The number of hydrogen-bond acceptors (Lipinski definition) is 8. The first kappa shape index (κ1) is 24.6. The van der Waals surface area contributed by atoms with Gasteiger partial charge in [0.15, 0.2) is 11.2 Å². The van der Waals surface area contributed by atoms with E-state index in [2.05, 4.69) is 25.4 Å². The summed E-state index contributed by atoms with van der Waals surface area (Å²) in [6.45, 7) is 4.24. The summed E-state index contributed by atoms with van der Waals surface area (Å²) < 4.78 is 14.5. The molecule has 38 heavy (non-hydrogen) atoms. The number of benzene rings is 2. The van der Waals surface area contributed by atoms with E-state index in [4.69, 9.17) is 9.47 Å². The summed E-state index contributed by atoms with van der Waals surface area (Å²) in [4.78, 5) is 37.1. The second kappa shape index (κ2) is 10.9. The van der Waals surface area contributed by atoms with E-state index in [0.29, 0.717) is 23.6 Å². The maximum Gasteiger partial charge on any atom is 0.341 e. The van der Waals surface area contributed by atoms with Gasteiger partial charge in [0, 0.05) is 25.4 Å². The Kier molecular flexibility index (Phi) is 7.07. The minimum absolute atomic E-state index is 0.127. The molecule has 11 nitrogen and oxygen atoms in total. The first-order valence-corrected chi connectivity index (χ1v) is 12.0. The number of fused-ring (bicyclic) bond motifs is 1. The molecule has 0 atom stereocenters. The van der Waals surface area contributed by atoms with Gasteiger partial charge in [-0.2, -0.15) is 15.1 Å².